The molecule has 3 aromatic rings. The fourth-order valence-electron chi connectivity index (χ4n) is 4.40. The van der Waals surface area contributed by atoms with E-state index in [4.69, 9.17) is 4.74 Å². The van der Waals surface area contributed by atoms with Crippen LogP contribution in [0.1, 0.15) is 31.4 Å². The number of methoxy groups -OCH3 is 1. The van der Waals surface area contributed by atoms with E-state index in [1.165, 1.54) is 0 Å². The van der Waals surface area contributed by atoms with E-state index in [1.54, 1.807) is 18.7 Å². The summed E-state index contributed by atoms with van der Waals surface area (Å²) < 4.78 is 8.87. The molecule has 1 aliphatic carbocycles. The molecule has 1 fully saturated rings. The quantitative estimate of drug-likeness (QED) is 0.701. The second-order valence-electron chi connectivity index (χ2n) is 8.18. The molecule has 30 heavy (non-hydrogen) atoms. The molecule has 1 amide bonds. The average Bonchev–Trinajstić information content (AvgIpc) is 2.98. The van der Waals surface area contributed by atoms with Crippen molar-refractivity contribution < 1.29 is 9.53 Å². The number of aromatic nitrogens is 3. The molecule has 0 saturated heterocycles. The zero-order valence-corrected chi connectivity index (χ0v) is 17.7. The number of nitrogens with one attached hydrogen (secondary N) is 1. The third-order valence-electron chi connectivity index (χ3n) is 6.15. The smallest absolute Gasteiger partial charge is 0.328 e. The van der Waals surface area contributed by atoms with Crippen LogP contribution in [0.2, 0.25) is 0 Å². The Bertz CT molecular complexity index is 1120. The van der Waals surface area contributed by atoms with E-state index in [-0.39, 0.29) is 17.5 Å². The molecule has 1 saturated carbocycles. The molecule has 4 rings (SSSR count). The summed E-state index contributed by atoms with van der Waals surface area (Å²) in [6.07, 6.45) is 3.49. The highest BCUT2D eigenvalue weighted by molar-refractivity contribution is 5.91. The number of carbonyl (C=O) groups is 1. The second-order valence-corrected chi connectivity index (χ2v) is 8.18. The van der Waals surface area contributed by atoms with Gasteiger partial charge in [-0.3, -0.25) is 13.9 Å². The first-order chi connectivity index (χ1) is 14.5. The van der Waals surface area contributed by atoms with E-state index in [0.717, 1.165) is 48.2 Å². The van der Waals surface area contributed by atoms with Crippen molar-refractivity contribution >= 4 is 22.8 Å². The molecule has 7 heteroatoms. The van der Waals surface area contributed by atoms with Gasteiger partial charge in [0.2, 0.25) is 5.91 Å². The SMILES string of the molecule is COc1ccc2c(c1)n(CC1CCC(C(=O)Nc3cccc(C)n3)CC1)c(=O)n2C. The van der Waals surface area contributed by atoms with E-state index in [9.17, 15) is 9.59 Å². The molecule has 0 bridgehead atoms. The molecular weight excluding hydrogens is 380 g/mol. The van der Waals surface area contributed by atoms with Crippen LogP contribution in [0.5, 0.6) is 5.75 Å². The van der Waals surface area contributed by atoms with E-state index in [0.29, 0.717) is 18.3 Å². The zero-order chi connectivity index (χ0) is 21.3. The van der Waals surface area contributed by atoms with Crippen molar-refractivity contribution in [1.82, 2.24) is 14.1 Å². The minimum Gasteiger partial charge on any atom is -0.497 e. The van der Waals surface area contributed by atoms with Crippen molar-refractivity contribution in [2.45, 2.75) is 39.2 Å². The fraction of sp³-hybridized carbons (Fsp3) is 0.435. The third kappa shape index (κ3) is 3.97. The average molecular weight is 409 g/mol. The second kappa shape index (κ2) is 8.34. The van der Waals surface area contributed by atoms with Gasteiger partial charge < -0.3 is 10.1 Å². The highest BCUT2D eigenvalue weighted by atomic mass is 16.5. The molecule has 0 unspecified atom stereocenters. The Morgan fingerprint density at radius 2 is 1.93 bits per heavy atom. The molecule has 1 aliphatic rings. The van der Waals surface area contributed by atoms with Crippen LogP contribution in [0.25, 0.3) is 11.0 Å². The molecule has 7 nitrogen and oxygen atoms in total. The van der Waals surface area contributed by atoms with Gasteiger partial charge in [0.1, 0.15) is 11.6 Å². The highest BCUT2D eigenvalue weighted by Gasteiger charge is 2.27. The Hall–Kier alpha value is -3.09. The van der Waals surface area contributed by atoms with Gasteiger partial charge in [-0.25, -0.2) is 9.78 Å². The predicted molar refractivity (Wildman–Crippen MR) is 117 cm³/mol. The largest absolute Gasteiger partial charge is 0.497 e. The van der Waals surface area contributed by atoms with Crippen LogP contribution in [0.4, 0.5) is 5.82 Å². The topological polar surface area (TPSA) is 78.2 Å². The number of anilines is 1. The van der Waals surface area contributed by atoms with Gasteiger partial charge in [-0.2, -0.15) is 0 Å². The van der Waals surface area contributed by atoms with Gasteiger partial charge >= 0.3 is 5.69 Å². The highest BCUT2D eigenvalue weighted by Crippen LogP contribution is 2.31. The first kappa shape index (κ1) is 20.2. The van der Waals surface area contributed by atoms with Crippen LogP contribution in [-0.4, -0.2) is 27.1 Å². The lowest BCUT2D eigenvalue weighted by Crippen LogP contribution is -2.31. The number of ether oxygens (including phenoxy) is 1. The molecule has 1 N–H and O–H groups in total. The number of carbonyl (C=O) groups excluding carboxylic acids is 1. The lowest BCUT2D eigenvalue weighted by molar-refractivity contribution is -0.121. The van der Waals surface area contributed by atoms with Gasteiger partial charge in [-0.05, 0) is 62.8 Å². The molecule has 0 atom stereocenters. The molecule has 1 aromatic carbocycles. The number of nitrogens with zero attached hydrogens (tertiary/aromatic N) is 3. The zero-order valence-electron chi connectivity index (χ0n) is 17.7. The van der Waals surface area contributed by atoms with Crippen LogP contribution in [0.15, 0.2) is 41.2 Å². The maximum absolute atomic E-state index is 12.8. The molecule has 0 aliphatic heterocycles. The number of pyridine rings is 1. The summed E-state index contributed by atoms with van der Waals surface area (Å²) in [6, 6.07) is 11.3. The number of benzene rings is 1. The van der Waals surface area contributed by atoms with Gasteiger partial charge in [-0.1, -0.05) is 6.07 Å². The summed E-state index contributed by atoms with van der Waals surface area (Å²) >= 11 is 0. The van der Waals surface area contributed by atoms with Gasteiger partial charge in [0.15, 0.2) is 0 Å². The predicted octanol–water partition coefficient (Wildman–Crippen LogP) is 3.50. The van der Waals surface area contributed by atoms with Gasteiger partial charge in [0.25, 0.3) is 0 Å². The summed E-state index contributed by atoms with van der Waals surface area (Å²) in [5.41, 5.74) is 2.67. The maximum Gasteiger partial charge on any atom is 0.328 e. The maximum atomic E-state index is 12.8. The van der Waals surface area contributed by atoms with Crippen molar-refractivity contribution in [3.8, 4) is 5.75 Å². The third-order valence-corrected chi connectivity index (χ3v) is 6.15. The van der Waals surface area contributed by atoms with Crippen molar-refractivity contribution in [2.75, 3.05) is 12.4 Å². The van der Waals surface area contributed by atoms with Gasteiger partial charge in [0.05, 0.1) is 18.1 Å². The van der Waals surface area contributed by atoms with Crippen molar-refractivity contribution in [1.29, 1.82) is 0 Å². The lowest BCUT2D eigenvalue weighted by atomic mass is 9.81. The number of fused-ring (bicyclic) bond motifs is 1. The van der Waals surface area contributed by atoms with Crippen molar-refractivity contribution in [2.24, 2.45) is 18.9 Å². The van der Waals surface area contributed by atoms with Crippen LogP contribution in [0, 0.1) is 18.8 Å². The Morgan fingerprint density at radius 1 is 1.17 bits per heavy atom. The van der Waals surface area contributed by atoms with Gasteiger partial charge in [-0.15, -0.1) is 0 Å². The number of rotatable bonds is 5. The van der Waals surface area contributed by atoms with E-state index >= 15 is 0 Å². The monoisotopic (exact) mass is 408 g/mol. The number of hydrogen-bond donors (Lipinski definition) is 1. The molecule has 0 radical (unpaired) electrons. The van der Waals surface area contributed by atoms with Crippen LogP contribution in [0.3, 0.4) is 0 Å². The summed E-state index contributed by atoms with van der Waals surface area (Å²) in [5.74, 6) is 1.76. The number of hydrogen-bond acceptors (Lipinski definition) is 4. The first-order valence-electron chi connectivity index (χ1n) is 10.4. The molecule has 2 aromatic heterocycles. The minimum atomic E-state index is -0.0105. The number of aryl methyl sites for hydroxylation is 2. The summed E-state index contributed by atoms with van der Waals surface area (Å²) in [6.45, 7) is 2.57. The Labute approximate surface area is 175 Å². The number of imidazole rings is 1. The minimum absolute atomic E-state index is 0.00658. The molecule has 0 spiro atoms. The normalized spacial score (nSPS) is 19.0. The lowest BCUT2D eigenvalue weighted by Gasteiger charge is -2.28. The Morgan fingerprint density at radius 3 is 2.63 bits per heavy atom. The van der Waals surface area contributed by atoms with E-state index < -0.39 is 0 Å². The van der Waals surface area contributed by atoms with Crippen LogP contribution >= 0.6 is 0 Å². The summed E-state index contributed by atoms with van der Waals surface area (Å²) in [4.78, 5) is 29.8. The van der Waals surface area contributed by atoms with Crippen molar-refractivity contribution in [3.05, 3.63) is 52.6 Å². The summed E-state index contributed by atoms with van der Waals surface area (Å²) in [5, 5.41) is 2.94. The molecular formula is C23H28N4O3. The van der Waals surface area contributed by atoms with Crippen molar-refractivity contribution in [3.63, 3.8) is 0 Å². The van der Waals surface area contributed by atoms with Crippen LogP contribution in [-0.2, 0) is 18.4 Å². The standard InChI is InChI=1S/C23H28N4O3/c1-15-5-4-6-21(24-15)25-22(28)17-9-7-16(8-10-17)14-27-20-13-18(30-3)11-12-19(20)26(2)23(27)29/h4-6,11-13,16-17H,7-10,14H2,1-3H3,(H,24,25,28). The molecule has 2 heterocycles. The van der Waals surface area contributed by atoms with Gasteiger partial charge in [0, 0.05) is 31.3 Å². The summed E-state index contributed by atoms with van der Waals surface area (Å²) in [7, 11) is 3.43. The fourth-order valence-corrected chi connectivity index (χ4v) is 4.40. The number of amides is 1. The van der Waals surface area contributed by atoms with Crippen LogP contribution < -0.4 is 15.7 Å². The Balaban J connectivity index is 1.42. The Kier molecular flexibility index (Phi) is 5.61. The van der Waals surface area contributed by atoms with E-state index in [1.807, 2.05) is 47.9 Å². The first-order valence-corrected chi connectivity index (χ1v) is 10.4. The van der Waals surface area contributed by atoms with E-state index in [2.05, 4.69) is 10.3 Å². The molecule has 158 valence electrons.